The fourth-order valence-electron chi connectivity index (χ4n) is 7.00. The Bertz CT molecular complexity index is 1300. The topological polar surface area (TPSA) is 158 Å². The van der Waals surface area contributed by atoms with Crippen molar-refractivity contribution in [2.75, 3.05) is 31.6 Å². The van der Waals surface area contributed by atoms with Gasteiger partial charge in [-0.05, 0) is 62.3 Å². The average molecular weight is 622 g/mol. The maximum absolute atomic E-state index is 9.10. The van der Waals surface area contributed by atoms with Crippen LogP contribution in [0.15, 0.2) is 30.5 Å². The van der Waals surface area contributed by atoms with Crippen LogP contribution in [0.4, 0.5) is 5.69 Å². The SMILES string of the molecule is C[C@H]1[C@@H](OCCNCCNc2ccnc3cc(Cl)ccc23)O[C@@H]2O[C@@]3(C)CC[C@H]4[C@H](C)CC[C@@H]1[C@@]24OO3.O=C(O)C(=O)O. The second kappa shape index (κ2) is 13.2. The van der Waals surface area contributed by atoms with Gasteiger partial charge >= 0.3 is 11.9 Å². The van der Waals surface area contributed by atoms with Crippen LogP contribution in [0.2, 0.25) is 5.02 Å². The first-order valence-electron chi connectivity index (χ1n) is 14.8. The summed E-state index contributed by atoms with van der Waals surface area (Å²) >= 11 is 6.10. The molecule has 4 N–H and O–H groups in total. The summed E-state index contributed by atoms with van der Waals surface area (Å²) in [7, 11) is 0. The van der Waals surface area contributed by atoms with Crippen molar-refractivity contribution in [3.8, 4) is 0 Å². The highest BCUT2D eigenvalue weighted by molar-refractivity contribution is 6.31. The molecule has 2 bridgehead atoms. The summed E-state index contributed by atoms with van der Waals surface area (Å²) in [6.07, 6.45) is 5.13. The van der Waals surface area contributed by atoms with Crippen LogP contribution in [0.25, 0.3) is 10.9 Å². The predicted octanol–water partition coefficient (Wildman–Crippen LogP) is 4.27. The van der Waals surface area contributed by atoms with E-state index in [-0.39, 0.29) is 18.1 Å². The largest absolute Gasteiger partial charge is 0.473 e. The lowest BCUT2D eigenvalue weighted by Crippen LogP contribution is -2.70. The van der Waals surface area contributed by atoms with Crippen LogP contribution < -0.4 is 10.6 Å². The zero-order chi connectivity index (χ0) is 30.8. The Morgan fingerprint density at radius 2 is 1.86 bits per heavy atom. The van der Waals surface area contributed by atoms with E-state index in [4.69, 9.17) is 55.4 Å². The quantitative estimate of drug-likeness (QED) is 0.189. The maximum Gasteiger partial charge on any atom is 0.414 e. The molecule has 1 saturated carbocycles. The van der Waals surface area contributed by atoms with Crippen molar-refractivity contribution in [3.05, 3.63) is 35.5 Å². The number of hydrogen-bond donors (Lipinski definition) is 4. The van der Waals surface area contributed by atoms with Gasteiger partial charge in [-0.2, -0.15) is 0 Å². The van der Waals surface area contributed by atoms with Gasteiger partial charge in [0.2, 0.25) is 5.79 Å². The molecule has 43 heavy (non-hydrogen) atoms. The molecular weight excluding hydrogens is 582 g/mol. The van der Waals surface area contributed by atoms with Crippen molar-refractivity contribution in [2.24, 2.45) is 23.7 Å². The molecule has 0 unspecified atom stereocenters. The van der Waals surface area contributed by atoms with Crippen molar-refractivity contribution in [1.82, 2.24) is 10.3 Å². The third kappa shape index (κ3) is 6.60. The number of anilines is 1. The van der Waals surface area contributed by atoms with Gasteiger partial charge < -0.3 is 35.1 Å². The Morgan fingerprint density at radius 1 is 1.07 bits per heavy atom. The van der Waals surface area contributed by atoms with Crippen LogP contribution in [-0.4, -0.2) is 77.3 Å². The number of carboxylic acids is 2. The highest BCUT2D eigenvalue weighted by atomic mass is 35.5. The molecular formula is C30H40ClN3O9. The fourth-order valence-corrected chi connectivity index (χ4v) is 7.16. The van der Waals surface area contributed by atoms with Gasteiger partial charge in [-0.25, -0.2) is 19.4 Å². The number of nitrogens with one attached hydrogen (secondary N) is 2. The summed E-state index contributed by atoms with van der Waals surface area (Å²) in [5.41, 5.74) is 1.40. The molecule has 0 radical (unpaired) electrons. The van der Waals surface area contributed by atoms with E-state index in [1.54, 1.807) is 6.20 Å². The summed E-state index contributed by atoms with van der Waals surface area (Å²) in [6, 6.07) is 7.76. The van der Waals surface area contributed by atoms with Gasteiger partial charge in [-0.1, -0.05) is 25.4 Å². The molecule has 7 rings (SSSR count). The summed E-state index contributed by atoms with van der Waals surface area (Å²) in [4.78, 5) is 34.7. The highest BCUT2D eigenvalue weighted by Crippen LogP contribution is 2.60. The highest BCUT2D eigenvalue weighted by Gasteiger charge is 2.69. The first-order chi connectivity index (χ1) is 20.5. The van der Waals surface area contributed by atoms with Crippen LogP contribution in [0.1, 0.15) is 46.5 Å². The second-order valence-corrected chi connectivity index (χ2v) is 12.4. The Balaban J connectivity index is 0.000000559. The number of carbonyl (C=O) groups is 2. The molecule has 1 aliphatic carbocycles. The minimum absolute atomic E-state index is 0.191. The lowest BCUT2D eigenvalue weighted by Gasteiger charge is -2.60. The third-order valence-electron chi connectivity index (χ3n) is 9.16. The van der Waals surface area contributed by atoms with E-state index in [0.29, 0.717) is 23.5 Å². The third-order valence-corrected chi connectivity index (χ3v) is 9.40. The minimum Gasteiger partial charge on any atom is -0.473 e. The molecule has 5 fully saturated rings. The van der Waals surface area contributed by atoms with Crippen molar-refractivity contribution in [3.63, 3.8) is 0 Å². The smallest absolute Gasteiger partial charge is 0.414 e. The monoisotopic (exact) mass is 621 g/mol. The number of halogens is 1. The molecule has 1 spiro atoms. The predicted molar refractivity (Wildman–Crippen MR) is 156 cm³/mol. The van der Waals surface area contributed by atoms with Crippen molar-refractivity contribution >= 4 is 40.1 Å². The normalized spacial score (nSPS) is 34.4. The van der Waals surface area contributed by atoms with E-state index in [0.717, 1.165) is 55.5 Å². The zero-order valence-electron chi connectivity index (χ0n) is 24.6. The second-order valence-electron chi connectivity index (χ2n) is 12.0. The summed E-state index contributed by atoms with van der Waals surface area (Å²) < 4.78 is 19.2. The van der Waals surface area contributed by atoms with E-state index < -0.39 is 29.6 Å². The molecule has 5 heterocycles. The Kier molecular flexibility index (Phi) is 9.76. The number of fused-ring (bicyclic) bond motifs is 3. The number of rotatable bonds is 8. The van der Waals surface area contributed by atoms with Crippen LogP contribution in [0, 0.1) is 23.7 Å². The van der Waals surface area contributed by atoms with Gasteiger partial charge in [0, 0.05) is 60.2 Å². The molecule has 1 aromatic heterocycles. The van der Waals surface area contributed by atoms with E-state index in [9.17, 15) is 0 Å². The summed E-state index contributed by atoms with van der Waals surface area (Å²) in [5.74, 6) is -3.01. The van der Waals surface area contributed by atoms with Gasteiger partial charge in [-0.3, -0.25) is 4.98 Å². The number of pyridine rings is 1. The lowest BCUT2D eigenvalue weighted by molar-refractivity contribution is -0.577. The average Bonchev–Trinajstić information content (AvgIpc) is 3.20. The lowest BCUT2D eigenvalue weighted by atomic mass is 9.58. The van der Waals surface area contributed by atoms with Crippen molar-refractivity contribution in [2.45, 2.75) is 70.4 Å². The summed E-state index contributed by atoms with van der Waals surface area (Å²) in [6.45, 7) is 9.40. The molecule has 13 heteroatoms. The molecule has 1 aromatic carbocycles. The number of benzene rings is 1. The van der Waals surface area contributed by atoms with Crippen LogP contribution in [-0.2, 0) is 33.6 Å². The first kappa shape index (κ1) is 31.8. The molecule has 2 aromatic rings. The van der Waals surface area contributed by atoms with Gasteiger partial charge in [0.25, 0.3) is 0 Å². The number of nitrogens with zero attached hydrogens (tertiary/aromatic N) is 1. The van der Waals surface area contributed by atoms with Gasteiger partial charge in [0.1, 0.15) is 0 Å². The number of aromatic nitrogens is 1. The number of hydrogen-bond acceptors (Lipinski definition) is 10. The van der Waals surface area contributed by atoms with Gasteiger partial charge in [0.05, 0.1) is 12.1 Å². The molecule has 5 aliphatic rings. The molecule has 4 aliphatic heterocycles. The summed E-state index contributed by atoms with van der Waals surface area (Å²) in [5, 5.41) is 23.5. The van der Waals surface area contributed by atoms with Crippen LogP contribution in [0.5, 0.6) is 0 Å². The van der Waals surface area contributed by atoms with Crippen molar-refractivity contribution in [1.29, 1.82) is 0 Å². The molecule has 8 atom stereocenters. The van der Waals surface area contributed by atoms with Crippen LogP contribution in [0.3, 0.4) is 0 Å². The van der Waals surface area contributed by atoms with Crippen molar-refractivity contribution < 1.29 is 43.8 Å². The van der Waals surface area contributed by atoms with Gasteiger partial charge in [-0.15, -0.1) is 0 Å². The molecule has 4 saturated heterocycles. The number of aliphatic carboxylic acids is 2. The molecule has 236 valence electrons. The van der Waals surface area contributed by atoms with E-state index in [1.807, 2.05) is 31.2 Å². The Labute approximate surface area is 255 Å². The fraction of sp³-hybridized carbons (Fsp3) is 0.633. The van der Waals surface area contributed by atoms with E-state index in [2.05, 4.69) is 29.5 Å². The molecule has 12 nitrogen and oxygen atoms in total. The first-order valence-corrected chi connectivity index (χ1v) is 15.2. The number of carboxylic acid groups (broad SMARTS) is 2. The Morgan fingerprint density at radius 3 is 2.63 bits per heavy atom. The van der Waals surface area contributed by atoms with Gasteiger partial charge in [0.15, 0.2) is 18.2 Å². The standard InChI is InChI=1S/C28H38ClN3O5.C2H2O4/c1-17-4-7-22-18(2)25(34-26-28(22)21(17)8-10-27(3,35-26)36-37-28)33-15-14-30-12-13-32-23-9-11-31-24-16-19(29)5-6-20(23)24;3-1(4)2(5)6/h5-6,9,11,16-18,21-22,25-26,30H,4,7-8,10,12-15H2,1-3H3,(H,31,32);(H,3,4)(H,5,6)/t17-,18-,21+,22+,25+,26-,27-,28-;/m1./s1. The minimum atomic E-state index is -1.82. The Hall–Kier alpha value is -2.58. The number of ether oxygens (including phenoxy) is 3. The molecule has 0 amide bonds. The zero-order valence-corrected chi connectivity index (χ0v) is 25.3. The van der Waals surface area contributed by atoms with E-state index in [1.165, 1.54) is 6.42 Å². The van der Waals surface area contributed by atoms with Crippen LogP contribution >= 0.6 is 11.6 Å². The van der Waals surface area contributed by atoms with E-state index >= 15 is 0 Å². The maximum atomic E-state index is 9.10.